The molecule has 8 nitrogen and oxygen atoms in total. The van der Waals surface area contributed by atoms with Crippen molar-refractivity contribution >= 4 is 26.3 Å². The van der Waals surface area contributed by atoms with E-state index in [1.54, 1.807) is 28.8 Å². The van der Waals surface area contributed by atoms with Gasteiger partial charge >= 0.3 is 0 Å². The van der Waals surface area contributed by atoms with Gasteiger partial charge < -0.3 is 9.47 Å². The fraction of sp³-hybridized carbons (Fsp3) is 0.200. The number of nitrogens with zero attached hydrogens (tertiary/aromatic N) is 3. The van der Waals surface area contributed by atoms with Gasteiger partial charge in [-0.2, -0.15) is 4.98 Å². The van der Waals surface area contributed by atoms with E-state index in [4.69, 9.17) is 9.47 Å². The number of ether oxygens (including phenoxy) is 2. The molecule has 4 aromatic rings. The molecule has 0 bridgehead atoms. The van der Waals surface area contributed by atoms with E-state index in [1.807, 2.05) is 5.38 Å². The maximum Gasteiger partial charge on any atom is 0.244 e. The molecule has 0 saturated carbocycles. The van der Waals surface area contributed by atoms with Crippen LogP contribution in [0.5, 0.6) is 11.5 Å². The monoisotopic (exact) mass is 462 g/mol. The Morgan fingerprint density at radius 3 is 2.71 bits per heavy atom. The molecule has 0 aliphatic heterocycles. The molecule has 2 aromatic heterocycles. The van der Waals surface area contributed by atoms with E-state index in [9.17, 15) is 12.8 Å². The van der Waals surface area contributed by atoms with Gasteiger partial charge in [0.05, 0.1) is 25.5 Å². The number of thiazole rings is 1. The lowest BCUT2D eigenvalue weighted by Gasteiger charge is -2.12. The first-order valence-corrected chi connectivity index (χ1v) is 11.6. The number of rotatable bonds is 8. The third-order valence-electron chi connectivity index (χ3n) is 4.60. The second kappa shape index (κ2) is 8.61. The minimum Gasteiger partial charge on any atom is -0.497 e. The number of methoxy groups -OCH3 is 2. The summed E-state index contributed by atoms with van der Waals surface area (Å²) in [6, 6.07) is 10.9. The van der Waals surface area contributed by atoms with Crippen LogP contribution in [0.3, 0.4) is 0 Å². The second-order valence-electron chi connectivity index (χ2n) is 6.50. The van der Waals surface area contributed by atoms with Crippen LogP contribution in [-0.4, -0.2) is 43.8 Å². The molecule has 2 heterocycles. The van der Waals surface area contributed by atoms with Gasteiger partial charge in [-0.1, -0.05) is 12.1 Å². The average Bonchev–Trinajstić information content (AvgIpc) is 3.35. The van der Waals surface area contributed by atoms with Gasteiger partial charge in [0, 0.05) is 24.4 Å². The lowest BCUT2D eigenvalue weighted by atomic mass is 10.2. The minimum absolute atomic E-state index is 0.00703. The fourth-order valence-corrected chi connectivity index (χ4v) is 5.11. The van der Waals surface area contributed by atoms with Crippen LogP contribution in [0.2, 0.25) is 0 Å². The van der Waals surface area contributed by atoms with Crippen LogP contribution in [0, 0.1) is 5.82 Å². The van der Waals surface area contributed by atoms with Crippen LogP contribution in [-0.2, 0) is 16.4 Å². The molecule has 11 heteroatoms. The molecule has 162 valence electrons. The number of nitrogens with one attached hydrogen (secondary N) is 1. The molecule has 0 fully saturated rings. The normalized spacial score (nSPS) is 11.7. The Bertz CT molecular complexity index is 1330. The molecule has 0 spiro atoms. The third-order valence-corrected chi connectivity index (χ3v) is 6.95. The van der Waals surface area contributed by atoms with E-state index in [0.717, 1.165) is 5.69 Å². The number of aromatic nitrogens is 3. The van der Waals surface area contributed by atoms with Crippen molar-refractivity contribution in [2.45, 2.75) is 11.3 Å². The summed E-state index contributed by atoms with van der Waals surface area (Å²) in [7, 11) is -0.969. The molecule has 0 aliphatic rings. The summed E-state index contributed by atoms with van der Waals surface area (Å²) in [4.78, 5) is 4.97. The van der Waals surface area contributed by atoms with Gasteiger partial charge in [0.2, 0.25) is 15.0 Å². The van der Waals surface area contributed by atoms with Crippen molar-refractivity contribution in [2.24, 2.45) is 0 Å². The Hall–Kier alpha value is -3.02. The highest BCUT2D eigenvalue weighted by molar-refractivity contribution is 7.89. The summed E-state index contributed by atoms with van der Waals surface area (Å²) < 4.78 is 54.1. The number of fused-ring (bicyclic) bond motifs is 1. The molecular weight excluding hydrogens is 443 g/mol. The molecular formula is C20H19FN4O4S2. The summed E-state index contributed by atoms with van der Waals surface area (Å²) in [6.07, 6.45) is 0.367. The number of hydrogen-bond acceptors (Lipinski definition) is 7. The van der Waals surface area contributed by atoms with E-state index in [2.05, 4.69) is 14.8 Å². The topological polar surface area (TPSA) is 94.8 Å². The molecule has 4 rings (SSSR count). The van der Waals surface area contributed by atoms with Gasteiger partial charge in [0.1, 0.15) is 22.2 Å². The average molecular weight is 463 g/mol. The Morgan fingerprint density at radius 1 is 1.16 bits per heavy atom. The smallest absolute Gasteiger partial charge is 0.244 e. The van der Waals surface area contributed by atoms with Crippen molar-refractivity contribution in [1.82, 2.24) is 19.3 Å². The zero-order valence-electron chi connectivity index (χ0n) is 16.7. The van der Waals surface area contributed by atoms with Gasteiger partial charge in [-0.3, -0.25) is 0 Å². The maximum absolute atomic E-state index is 14.0. The predicted octanol–water partition coefficient (Wildman–Crippen LogP) is 3.14. The summed E-state index contributed by atoms with van der Waals surface area (Å²) >= 11 is 1.35. The molecule has 0 saturated heterocycles. The second-order valence-corrected chi connectivity index (χ2v) is 9.07. The molecule has 0 unspecified atom stereocenters. The van der Waals surface area contributed by atoms with Crippen LogP contribution in [0.1, 0.15) is 5.69 Å². The first-order valence-electron chi connectivity index (χ1n) is 9.22. The van der Waals surface area contributed by atoms with Crippen LogP contribution < -0.4 is 14.2 Å². The van der Waals surface area contributed by atoms with Gasteiger partial charge in [-0.15, -0.1) is 16.4 Å². The van der Waals surface area contributed by atoms with Crippen LogP contribution in [0.4, 0.5) is 4.39 Å². The van der Waals surface area contributed by atoms with Crippen molar-refractivity contribution in [2.75, 3.05) is 20.8 Å². The van der Waals surface area contributed by atoms with Gasteiger partial charge in [-0.25, -0.2) is 22.0 Å². The first-order chi connectivity index (χ1) is 14.9. The van der Waals surface area contributed by atoms with Crippen LogP contribution >= 0.6 is 11.3 Å². The summed E-state index contributed by atoms with van der Waals surface area (Å²) in [6.45, 7) is 0.128. The van der Waals surface area contributed by atoms with Gasteiger partial charge in [0.15, 0.2) is 5.82 Å². The van der Waals surface area contributed by atoms with Crippen LogP contribution in [0.15, 0.2) is 52.7 Å². The molecule has 31 heavy (non-hydrogen) atoms. The Kier molecular flexibility index (Phi) is 5.90. The third kappa shape index (κ3) is 4.24. The molecule has 0 aliphatic carbocycles. The number of sulfonamides is 1. The van der Waals surface area contributed by atoms with Crippen molar-refractivity contribution in [3.8, 4) is 22.9 Å². The first kappa shape index (κ1) is 21.2. The van der Waals surface area contributed by atoms with E-state index < -0.39 is 15.8 Å². The highest BCUT2D eigenvalue weighted by atomic mass is 32.2. The van der Waals surface area contributed by atoms with E-state index in [-0.39, 0.29) is 23.0 Å². The van der Waals surface area contributed by atoms with Gasteiger partial charge in [0.25, 0.3) is 0 Å². The maximum atomic E-state index is 14.0. The summed E-state index contributed by atoms with van der Waals surface area (Å²) in [5.74, 6) is 0.510. The van der Waals surface area contributed by atoms with E-state index >= 15 is 0 Å². The molecule has 2 aromatic carbocycles. The lowest BCUT2D eigenvalue weighted by molar-refractivity contribution is 0.392. The van der Waals surface area contributed by atoms with E-state index in [1.165, 1.54) is 43.8 Å². The highest BCUT2D eigenvalue weighted by Gasteiger charge is 2.21. The number of halogens is 1. The number of benzene rings is 2. The van der Waals surface area contributed by atoms with Crippen LogP contribution in [0.25, 0.3) is 16.3 Å². The zero-order chi connectivity index (χ0) is 22.0. The van der Waals surface area contributed by atoms with Crippen molar-refractivity contribution < 1.29 is 22.3 Å². The Morgan fingerprint density at radius 2 is 1.97 bits per heavy atom. The minimum atomic E-state index is -3.83. The largest absolute Gasteiger partial charge is 0.497 e. The zero-order valence-corrected chi connectivity index (χ0v) is 18.3. The van der Waals surface area contributed by atoms with E-state index in [0.29, 0.717) is 22.7 Å². The fourth-order valence-electron chi connectivity index (χ4n) is 3.04. The lowest BCUT2D eigenvalue weighted by Crippen LogP contribution is -2.26. The SMILES string of the molecule is COc1ccc(OC)c(S(=O)(=O)NCCc2csc3nc(-c4ccccc4F)nn23)c1. The van der Waals surface area contributed by atoms with Crippen molar-refractivity contribution in [3.05, 3.63) is 59.4 Å². The molecule has 1 N–H and O–H groups in total. The summed E-state index contributed by atoms with van der Waals surface area (Å²) in [5.41, 5.74) is 1.07. The highest BCUT2D eigenvalue weighted by Crippen LogP contribution is 2.28. The Balaban J connectivity index is 1.52. The quantitative estimate of drug-likeness (QED) is 0.432. The van der Waals surface area contributed by atoms with Crippen molar-refractivity contribution in [3.63, 3.8) is 0 Å². The molecule has 0 radical (unpaired) electrons. The predicted molar refractivity (Wildman–Crippen MR) is 115 cm³/mol. The van der Waals surface area contributed by atoms with Crippen molar-refractivity contribution in [1.29, 1.82) is 0 Å². The standard InChI is InChI=1S/C20H19FN4O4S2/c1-28-14-7-8-17(29-2)18(11-14)31(26,27)22-10-9-13-12-30-20-23-19(24-25(13)20)15-5-3-4-6-16(15)21/h3-8,11-12,22H,9-10H2,1-2H3. The van der Waals surface area contributed by atoms with Gasteiger partial charge in [-0.05, 0) is 24.3 Å². The summed E-state index contributed by atoms with van der Waals surface area (Å²) in [5, 5.41) is 6.24. The molecule has 0 atom stereocenters. The molecule has 0 amide bonds. The Labute approximate surface area is 182 Å². The number of hydrogen-bond donors (Lipinski definition) is 1.